The average Bonchev–Trinajstić information content (AvgIpc) is 3.05. The Hall–Kier alpha value is -1.98. The standard InChI is InChI=1S/C14H16F3N3O4S/c1-4-25(21,22)20-13(2,23-3)10-7-5-9(6-8-10)11-18-12(24-19-11)14(15,16)17/h5-8,20H,4H2,1-3H3. The van der Waals surface area contributed by atoms with Crippen molar-refractivity contribution in [3.8, 4) is 11.4 Å². The van der Waals surface area contributed by atoms with Crippen LogP contribution in [0.3, 0.4) is 0 Å². The lowest BCUT2D eigenvalue weighted by Crippen LogP contribution is -2.45. The van der Waals surface area contributed by atoms with Crippen molar-refractivity contribution >= 4 is 10.0 Å². The van der Waals surface area contributed by atoms with E-state index < -0.39 is 27.8 Å². The molecule has 1 N–H and O–H groups in total. The van der Waals surface area contributed by atoms with Gasteiger partial charge in [-0.25, -0.2) is 8.42 Å². The quantitative estimate of drug-likeness (QED) is 0.775. The van der Waals surface area contributed by atoms with Crippen LogP contribution >= 0.6 is 0 Å². The van der Waals surface area contributed by atoms with Crippen LogP contribution in [0.4, 0.5) is 13.2 Å². The Balaban J connectivity index is 2.31. The lowest BCUT2D eigenvalue weighted by atomic mass is 10.0. The summed E-state index contributed by atoms with van der Waals surface area (Å²) in [5, 5.41) is 3.29. The number of alkyl halides is 3. The number of halogens is 3. The normalized spacial score (nSPS) is 15.1. The number of sulfonamides is 1. The summed E-state index contributed by atoms with van der Waals surface area (Å²) in [4.78, 5) is 3.29. The molecule has 7 nitrogen and oxygen atoms in total. The zero-order valence-electron chi connectivity index (χ0n) is 13.6. The van der Waals surface area contributed by atoms with Crippen molar-refractivity contribution in [3.63, 3.8) is 0 Å². The minimum Gasteiger partial charge on any atom is -0.359 e. The van der Waals surface area contributed by atoms with Crippen LogP contribution in [-0.4, -0.2) is 31.4 Å². The average molecular weight is 379 g/mol. The molecule has 0 fully saturated rings. The van der Waals surface area contributed by atoms with Crippen molar-refractivity contribution in [3.05, 3.63) is 35.7 Å². The molecule has 1 aromatic heterocycles. The molecule has 0 radical (unpaired) electrons. The fourth-order valence-corrected chi connectivity index (χ4v) is 2.92. The van der Waals surface area contributed by atoms with Crippen LogP contribution < -0.4 is 4.72 Å². The molecule has 1 unspecified atom stereocenters. The summed E-state index contributed by atoms with van der Waals surface area (Å²) in [7, 11) is -2.22. The second-order valence-corrected chi connectivity index (χ2v) is 7.25. The molecule has 25 heavy (non-hydrogen) atoms. The summed E-state index contributed by atoms with van der Waals surface area (Å²) in [5.74, 6) is -1.80. The molecule has 1 heterocycles. The van der Waals surface area contributed by atoms with Gasteiger partial charge in [-0.2, -0.15) is 22.9 Å². The molecule has 2 rings (SSSR count). The van der Waals surface area contributed by atoms with Gasteiger partial charge in [-0.1, -0.05) is 29.4 Å². The minimum atomic E-state index is -4.72. The Bertz CT molecular complexity index is 834. The van der Waals surface area contributed by atoms with Gasteiger partial charge in [0.25, 0.3) is 0 Å². The van der Waals surface area contributed by atoms with Crippen LogP contribution in [0, 0.1) is 0 Å². The Morgan fingerprint density at radius 2 is 1.84 bits per heavy atom. The highest BCUT2D eigenvalue weighted by molar-refractivity contribution is 7.89. The van der Waals surface area contributed by atoms with E-state index in [-0.39, 0.29) is 17.1 Å². The minimum absolute atomic E-state index is 0.132. The summed E-state index contributed by atoms with van der Waals surface area (Å²) >= 11 is 0. The molecule has 0 bridgehead atoms. The number of aromatic nitrogens is 2. The molecule has 2 aromatic rings. The first-order chi connectivity index (χ1) is 11.5. The predicted molar refractivity (Wildman–Crippen MR) is 81.7 cm³/mol. The van der Waals surface area contributed by atoms with E-state index >= 15 is 0 Å². The van der Waals surface area contributed by atoms with Crippen molar-refractivity contribution in [2.75, 3.05) is 12.9 Å². The fourth-order valence-electron chi connectivity index (χ4n) is 1.98. The van der Waals surface area contributed by atoms with E-state index in [4.69, 9.17) is 4.74 Å². The van der Waals surface area contributed by atoms with E-state index in [1.54, 1.807) is 0 Å². The first-order valence-electron chi connectivity index (χ1n) is 7.09. The summed E-state index contributed by atoms with van der Waals surface area (Å²) in [5.41, 5.74) is -0.600. The molecule has 138 valence electrons. The van der Waals surface area contributed by atoms with Gasteiger partial charge in [0.2, 0.25) is 15.8 Å². The highest BCUT2D eigenvalue weighted by atomic mass is 32.2. The highest BCUT2D eigenvalue weighted by Crippen LogP contribution is 2.30. The maximum atomic E-state index is 12.5. The molecule has 0 aliphatic heterocycles. The molecule has 0 amide bonds. The van der Waals surface area contributed by atoms with Crippen LogP contribution in [0.25, 0.3) is 11.4 Å². The third-order valence-electron chi connectivity index (χ3n) is 3.50. The van der Waals surface area contributed by atoms with Gasteiger partial charge in [0.05, 0.1) is 5.75 Å². The van der Waals surface area contributed by atoms with Gasteiger partial charge < -0.3 is 9.26 Å². The highest BCUT2D eigenvalue weighted by Gasteiger charge is 2.38. The maximum Gasteiger partial charge on any atom is 0.471 e. The molecule has 0 aliphatic rings. The Morgan fingerprint density at radius 3 is 2.28 bits per heavy atom. The topological polar surface area (TPSA) is 94.3 Å². The SMILES string of the molecule is CCS(=O)(=O)NC(C)(OC)c1ccc(-c2noc(C(F)(F)F)n2)cc1. The molecule has 11 heteroatoms. The molecule has 0 saturated carbocycles. The fraction of sp³-hybridized carbons (Fsp3) is 0.429. The molecule has 1 aromatic carbocycles. The second kappa shape index (κ2) is 6.73. The number of methoxy groups -OCH3 is 1. The zero-order valence-corrected chi connectivity index (χ0v) is 14.4. The third-order valence-corrected chi connectivity index (χ3v) is 4.96. The Labute approximate surface area is 142 Å². The first-order valence-corrected chi connectivity index (χ1v) is 8.74. The summed E-state index contributed by atoms with van der Waals surface area (Å²) in [6.07, 6.45) is -4.72. The summed E-state index contributed by atoms with van der Waals surface area (Å²) in [6.45, 7) is 3.00. The Morgan fingerprint density at radius 1 is 1.24 bits per heavy atom. The summed E-state index contributed by atoms with van der Waals surface area (Å²) in [6, 6.07) is 5.89. The number of hydrogen-bond acceptors (Lipinski definition) is 6. The second-order valence-electron chi connectivity index (χ2n) is 5.24. The lowest BCUT2D eigenvalue weighted by Gasteiger charge is -2.29. The molecular formula is C14H16F3N3O4S. The zero-order chi connectivity index (χ0) is 18.9. The monoisotopic (exact) mass is 379 g/mol. The molecule has 0 spiro atoms. The van der Waals surface area contributed by atoms with E-state index in [1.807, 2.05) is 0 Å². The van der Waals surface area contributed by atoms with Crippen LogP contribution in [0.2, 0.25) is 0 Å². The van der Waals surface area contributed by atoms with Crippen LogP contribution in [0.15, 0.2) is 28.8 Å². The number of nitrogens with one attached hydrogen (secondary N) is 1. The van der Waals surface area contributed by atoms with Crippen LogP contribution in [0.1, 0.15) is 25.3 Å². The van der Waals surface area contributed by atoms with E-state index in [0.29, 0.717) is 5.56 Å². The van der Waals surface area contributed by atoms with Crippen molar-refractivity contribution in [2.24, 2.45) is 0 Å². The van der Waals surface area contributed by atoms with Gasteiger partial charge in [0, 0.05) is 12.7 Å². The molecule has 0 aliphatic carbocycles. The first kappa shape index (κ1) is 19.3. The van der Waals surface area contributed by atoms with Crippen molar-refractivity contribution < 1.29 is 30.8 Å². The largest absolute Gasteiger partial charge is 0.471 e. The van der Waals surface area contributed by atoms with E-state index in [0.717, 1.165) is 0 Å². The number of benzene rings is 1. The van der Waals surface area contributed by atoms with Crippen molar-refractivity contribution in [1.82, 2.24) is 14.9 Å². The van der Waals surface area contributed by atoms with Crippen molar-refractivity contribution in [1.29, 1.82) is 0 Å². The van der Waals surface area contributed by atoms with Gasteiger partial charge in [0.15, 0.2) is 5.72 Å². The van der Waals surface area contributed by atoms with E-state index in [1.165, 1.54) is 45.2 Å². The predicted octanol–water partition coefficient (Wildman–Crippen LogP) is 2.51. The van der Waals surface area contributed by atoms with E-state index in [9.17, 15) is 21.6 Å². The van der Waals surface area contributed by atoms with Gasteiger partial charge >= 0.3 is 12.1 Å². The van der Waals surface area contributed by atoms with Crippen molar-refractivity contribution in [2.45, 2.75) is 25.7 Å². The van der Waals surface area contributed by atoms with Gasteiger partial charge in [0.1, 0.15) is 0 Å². The lowest BCUT2D eigenvalue weighted by molar-refractivity contribution is -0.159. The number of nitrogens with zero attached hydrogens (tertiary/aromatic N) is 2. The van der Waals surface area contributed by atoms with Gasteiger partial charge in [-0.05, 0) is 19.4 Å². The number of hydrogen-bond donors (Lipinski definition) is 1. The number of rotatable bonds is 6. The number of ether oxygens (including phenoxy) is 1. The van der Waals surface area contributed by atoms with Crippen LogP contribution in [0.5, 0.6) is 0 Å². The molecule has 1 atom stereocenters. The third kappa shape index (κ3) is 4.35. The van der Waals surface area contributed by atoms with Gasteiger partial charge in [-0.3, -0.25) is 0 Å². The van der Waals surface area contributed by atoms with Gasteiger partial charge in [-0.15, -0.1) is 0 Å². The smallest absolute Gasteiger partial charge is 0.359 e. The summed E-state index contributed by atoms with van der Waals surface area (Å²) < 4.78 is 73.0. The van der Waals surface area contributed by atoms with Crippen LogP contribution in [-0.2, 0) is 26.7 Å². The maximum absolute atomic E-state index is 12.5. The molecule has 0 saturated heterocycles. The van der Waals surface area contributed by atoms with E-state index in [2.05, 4.69) is 19.4 Å². The Kier molecular flexibility index (Phi) is 5.21. The molecular weight excluding hydrogens is 363 g/mol.